The Labute approximate surface area is 476 Å². The molecule has 0 aliphatic heterocycles. The number of esters is 1. The van der Waals surface area contributed by atoms with E-state index in [1.807, 2.05) is 6.08 Å². The highest BCUT2D eigenvalue weighted by molar-refractivity contribution is 5.76. The van der Waals surface area contributed by atoms with Crippen molar-refractivity contribution in [1.82, 2.24) is 5.32 Å². The lowest BCUT2D eigenvalue weighted by molar-refractivity contribution is -0.143. The Kier molecular flexibility index (Phi) is 64.9. The summed E-state index contributed by atoms with van der Waals surface area (Å²) in [6, 6.07) is -0.626. The van der Waals surface area contributed by atoms with Gasteiger partial charge in [0.15, 0.2) is 0 Å². The zero-order valence-electron chi connectivity index (χ0n) is 51.8. The first-order valence-electron chi connectivity index (χ1n) is 35.0. The van der Waals surface area contributed by atoms with Crippen molar-refractivity contribution in [2.75, 3.05) is 13.2 Å². The topological polar surface area (TPSA) is 95.9 Å². The number of unbranched alkanes of at least 4 members (excludes halogenated alkanes) is 55. The molecule has 6 heteroatoms. The second-order valence-electron chi connectivity index (χ2n) is 24.2. The van der Waals surface area contributed by atoms with Crippen LogP contribution in [0, 0.1) is 0 Å². The summed E-state index contributed by atoms with van der Waals surface area (Å²) in [5.41, 5.74) is 0. The fraction of sp³-hybridized carbons (Fsp3) is 0.943. The van der Waals surface area contributed by atoms with Crippen LogP contribution < -0.4 is 5.32 Å². The maximum absolute atomic E-state index is 12.5. The molecule has 2 unspecified atom stereocenters. The summed E-state index contributed by atoms with van der Waals surface area (Å²) in [5.74, 6) is -0.0420. The zero-order chi connectivity index (χ0) is 55.0. The van der Waals surface area contributed by atoms with E-state index in [1.54, 1.807) is 6.08 Å². The van der Waals surface area contributed by atoms with Gasteiger partial charge in [-0.25, -0.2) is 0 Å². The predicted octanol–water partition coefficient (Wildman–Crippen LogP) is 22.4. The van der Waals surface area contributed by atoms with Gasteiger partial charge in [-0.05, 0) is 32.1 Å². The molecule has 0 heterocycles. The average molecular weight is 1070 g/mol. The molecule has 0 aromatic carbocycles. The van der Waals surface area contributed by atoms with Crippen LogP contribution in [-0.2, 0) is 14.3 Å². The van der Waals surface area contributed by atoms with Crippen molar-refractivity contribution in [1.29, 1.82) is 0 Å². The number of carbonyl (C=O) groups is 2. The quantitative estimate of drug-likeness (QED) is 0.0320. The third kappa shape index (κ3) is 61.8. The molecule has 6 nitrogen and oxygen atoms in total. The second-order valence-corrected chi connectivity index (χ2v) is 24.2. The highest BCUT2D eigenvalue weighted by atomic mass is 16.5. The molecule has 0 aliphatic carbocycles. The van der Waals surface area contributed by atoms with Crippen molar-refractivity contribution < 1.29 is 24.5 Å². The Morgan fingerprint density at radius 3 is 0.895 bits per heavy atom. The molecule has 0 radical (unpaired) electrons. The minimum atomic E-state index is -0.843. The molecule has 0 saturated heterocycles. The number of hydrogen-bond donors (Lipinski definition) is 3. The first-order chi connectivity index (χ1) is 37.5. The molecular formula is C70H137NO5. The van der Waals surface area contributed by atoms with Crippen molar-refractivity contribution in [3.05, 3.63) is 12.2 Å². The summed E-state index contributed by atoms with van der Waals surface area (Å²) >= 11 is 0. The van der Waals surface area contributed by atoms with Gasteiger partial charge in [0.2, 0.25) is 5.91 Å². The van der Waals surface area contributed by atoms with Crippen LogP contribution in [-0.4, -0.2) is 47.4 Å². The minimum Gasteiger partial charge on any atom is -0.466 e. The smallest absolute Gasteiger partial charge is 0.305 e. The van der Waals surface area contributed by atoms with Crippen molar-refractivity contribution in [3.63, 3.8) is 0 Å². The molecule has 0 aromatic rings. The van der Waals surface area contributed by atoms with E-state index in [0.717, 1.165) is 38.5 Å². The number of aliphatic hydroxyl groups excluding tert-OH is 2. The number of carbonyl (C=O) groups excluding carboxylic acids is 2. The van der Waals surface area contributed by atoms with Gasteiger partial charge in [-0.3, -0.25) is 9.59 Å². The van der Waals surface area contributed by atoms with Gasteiger partial charge in [0.05, 0.1) is 25.4 Å². The van der Waals surface area contributed by atoms with Crippen molar-refractivity contribution in [3.8, 4) is 0 Å². The van der Waals surface area contributed by atoms with Crippen LogP contribution in [0.3, 0.4) is 0 Å². The van der Waals surface area contributed by atoms with Crippen LogP contribution in [0.4, 0.5) is 0 Å². The Morgan fingerprint density at radius 1 is 0.355 bits per heavy atom. The van der Waals surface area contributed by atoms with E-state index in [-0.39, 0.29) is 18.5 Å². The molecule has 0 saturated carbocycles. The molecule has 0 aliphatic rings. The standard InChI is InChI=1S/C70H137NO5/c1-3-5-7-9-11-13-15-17-18-19-20-29-32-35-39-42-46-50-54-58-62-68(73)67(66-72)71-69(74)63-59-55-51-47-43-40-36-33-30-27-25-23-21-22-24-26-28-31-34-37-41-45-49-53-57-61-65-76-70(75)64-60-56-52-48-44-38-16-14-12-10-8-6-4-2/h58,62,67-68,72-73H,3-57,59-61,63-66H2,1-2H3,(H,71,74)/b62-58+. The van der Waals surface area contributed by atoms with E-state index in [4.69, 9.17) is 4.74 Å². The van der Waals surface area contributed by atoms with Gasteiger partial charge < -0.3 is 20.3 Å². The molecule has 0 aromatic heterocycles. The molecular weight excluding hydrogens is 935 g/mol. The second kappa shape index (κ2) is 66.1. The van der Waals surface area contributed by atoms with Crippen molar-refractivity contribution in [2.45, 2.75) is 411 Å². The summed E-state index contributed by atoms with van der Waals surface area (Å²) in [7, 11) is 0. The minimum absolute atomic E-state index is 0.0194. The van der Waals surface area contributed by atoms with Gasteiger partial charge in [-0.1, -0.05) is 366 Å². The molecule has 0 bridgehead atoms. The monoisotopic (exact) mass is 1070 g/mol. The van der Waals surface area contributed by atoms with Gasteiger partial charge in [-0.2, -0.15) is 0 Å². The Bertz CT molecular complexity index is 1140. The van der Waals surface area contributed by atoms with E-state index in [2.05, 4.69) is 19.2 Å². The van der Waals surface area contributed by atoms with Gasteiger partial charge in [0, 0.05) is 12.8 Å². The lowest BCUT2D eigenvalue weighted by atomic mass is 10.0. The summed E-state index contributed by atoms with van der Waals surface area (Å²) in [6.07, 6.45) is 81.4. The van der Waals surface area contributed by atoms with Crippen molar-refractivity contribution in [2.24, 2.45) is 0 Å². The number of nitrogens with one attached hydrogen (secondary N) is 1. The van der Waals surface area contributed by atoms with Crippen LogP contribution in [0.1, 0.15) is 399 Å². The van der Waals surface area contributed by atoms with Crippen LogP contribution in [0.15, 0.2) is 12.2 Å². The Balaban J connectivity index is 3.37. The highest BCUT2D eigenvalue weighted by Gasteiger charge is 2.18. The maximum atomic E-state index is 12.5. The number of allylic oxidation sites excluding steroid dienone is 1. The molecule has 0 spiro atoms. The first kappa shape index (κ1) is 74.6. The number of aliphatic hydroxyl groups is 2. The van der Waals surface area contributed by atoms with Crippen LogP contribution in [0.25, 0.3) is 0 Å². The Hall–Kier alpha value is -1.40. The first-order valence-corrected chi connectivity index (χ1v) is 35.0. The molecule has 3 N–H and O–H groups in total. The van der Waals surface area contributed by atoms with E-state index in [0.29, 0.717) is 19.4 Å². The maximum Gasteiger partial charge on any atom is 0.305 e. The summed E-state index contributed by atoms with van der Waals surface area (Å²) in [5, 5.41) is 23.2. The normalized spacial score (nSPS) is 12.5. The SMILES string of the molecule is CCCCCCCCCCCCCCCCCCCC/C=C/C(O)C(CO)NC(=O)CCCCCCCCCCCCCCCCCCCCCCCCCCCCOC(=O)CCCCCCCCCCCCCCC. The van der Waals surface area contributed by atoms with E-state index >= 15 is 0 Å². The molecule has 452 valence electrons. The predicted molar refractivity (Wildman–Crippen MR) is 333 cm³/mol. The third-order valence-corrected chi connectivity index (χ3v) is 16.6. The van der Waals surface area contributed by atoms with Crippen LogP contribution in [0.5, 0.6) is 0 Å². The van der Waals surface area contributed by atoms with Crippen molar-refractivity contribution >= 4 is 11.9 Å². The largest absolute Gasteiger partial charge is 0.466 e. The fourth-order valence-electron chi connectivity index (χ4n) is 11.2. The van der Waals surface area contributed by atoms with Gasteiger partial charge in [-0.15, -0.1) is 0 Å². The van der Waals surface area contributed by atoms with Gasteiger partial charge in [0.1, 0.15) is 0 Å². The Morgan fingerprint density at radius 2 is 0.605 bits per heavy atom. The number of ether oxygens (including phenoxy) is 1. The molecule has 76 heavy (non-hydrogen) atoms. The number of hydrogen-bond acceptors (Lipinski definition) is 5. The van der Waals surface area contributed by atoms with E-state index < -0.39 is 12.1 Å². The van der Waals surface area contributed by atoms with E-state index in [1.165, 1.54) is 334 Å². The molecule has 2 atom stereocenters. The summed E-state index contributed by atoms with van der Waals surface area (Å²) < 4.78 is 5.49. The molecule has 0 rings (SSSR count). The fourth-order valence-corrected chi connectivity index (χ4v) is 11.2. The molecule has 1 amide bonds. The lowest BCUT2D eigenvalue weighted by Gasteiger charge is -2.20. The summed E-state index contributed by atoms with van der Waals surface area (Å²) in [4.78, 5) is 24.6. The van der Waals surface area contributed by atoms with Crippen LogP contribution >= 0.6 is 0 Å². The zero-order valence-corrected chi connectivity index (χ0v) is 51.8. The summed E-state index contributed by atoms with van der Waals surface area (Å²) in [6.45, 7) is 4.95. The average Bonchev–Trinajstić information content (AvgIpc) is 3.42. The highest BCUT2D eigenvalue weighted by Crippen LogP contribution is 2.19. The number of amides is 1. The number of rotatable bonds is 66. The van der Waals surface area contributed by atoms with Gasteiger partial charge in [0.25, 0.3) is 0 Å². The van der Waals surface area contributed by atoms with Crippen LogP contribution in [0.2, 0.25) is 0 Å². The lowest BCUT2D eigenvalue weighted by Crippen LogP contribution is -2.45. The van der Waals surface area contributed by atoms with E-state index in [9.17, 15) is 19.8 Å². The third-order valence-electron chi connectivity index (χ3n) is 16.6. The molecule has 0 fully saturated rings. The van der Waals surface area contributed by atoms with Gasteiger partial charge >= 0.3 is 5.97 Å².